The van der Waals surface area contributed by atoms with Gasteiger partial charge in [-0.1, -0.05) is 0 Å². The maximum absolute atomic E-state index is 11.1. The summed E-state index contributed by atoms with van der Waals surface area (Å²) >= 11 is 0. The molecule has 0 atom stereocenters. The minimum absolute atomic E-state index is 0.309. The largest absolute Gasteiger partial charge is 0.423 e. The van der Waals surface area contributed by atoms with E-state index in [4.69, 9.17) is 10.2 Å². The van der Waals surface area contributed by atoms with E-state index in [1.54, 1.807) is 6.07 Å². The van der Waals surface area contributed by atoms with Gasteiger partial charge >= 0.3 is 5.63 Å². The number of anilines is 1. The van der Waals surface area contributed by atoms with Gasteiger partial charge in [0.1, 0.15) is 5.58 Å². The summed E-state index contributed by atoms with van der Waals surface area (Å²) < 4.78 is 5.13. The highest BCUT2D eigenvalue weighted by atomic mass is 16.4. The summed E-state index contributed by atoms with van der Waals surface area (Å²) in [6.45, 7) is 0.981. The Bertz CT molecular complexity index is 642. The zero-order valence-corrected chi connectivity index (χ0v) is 11.5. The van der Waals surface area contributed by atoms with Gasteiger partial charge in [0, 0.05) is 29.7 Å². The summed E-state index contributed by atoms with van der Waals surface area (Å²) in [4.78, 5) is 11.1. The Kier molecular flexibility index (Phi) is 3.74. The van der Waals surface area contributed by atoms with Crippen LogP contribution in [0.15, 0.2) is 39.5 Å². The first-order valence-corrected chi connectivity index (χ1v) is 7.24. The van der Waals surface area contributed by atoms with Crippen molar-refractivity contribution in [3.63, 3.8) is 0 Å². The van der Waals surface area contributed by atoms with Crippen LogP contribution in [-0.4, -0.2) is 12.6 Å². The monoisotopic (exact) mass is 272 g/mol. The van der Waals surface area contributed by atoms with Crippen molar-refractivity contribution >= 4 is 16.7 Å². The minimum Gasteiger partial charge on any atom is -0.423 e. The van der Waals surface area contributed by atoms with Crippen molar-refractivity contribution in [2.45, 2.75) is 31.7 Å². The van der Waals surface area contributed by atoms with Crippen LogP contribution < -0.4 is 16.7 Å². The molecule has 20 heavy (non-hydrogen) atoms. The third-order valence-electron chi connectivity index (χ3n) is 4.11. The van der Waals surface area contributed by atoms with Crippen molar-refractivity contribution in [2.75, 3.05) is 11.9 Å². The molecule has 0 saturated heterocycles. The van der Waals surface area contributed by atoms with Gasteiger partial charge in [0.2, 0.25) is 0 Å². The van der Waals surface area contributed by atoms with Crippen molar-refractivity contribution in [3.8, 4) is 0 Å². The number of benzene rings is 1. The molecule has 2 aromatic rings. The minimum atomic E-state index is -0.309. The van der Waals surface area contributed by atoms with Gasteiger partial charge in [-0.05, 0) is 55.9 Å². The van der Waals surface area contributed by atoms with Gasteiger partial charge in [-0.25, -0.2) is 4.79 Å². The van der Waals surface area contributed by atoms with E-state index in [0.29, 0.717) is 17.5 Å². The molecule has 3 N–H and O–H groups in total. The van der Waals surface area contributed by atoms with E-state index >= 15 is 0 Å². The lowest BCUT2D eigenvalue weighted by molar-refractivity contribution is 0.339. The molecule has 1 fully saturated rings. The molecule has 1 heterocycles. The molecule has 0 aliphatic heterocycles. The van der Waals surface area contributed by atoms with Gasteiger partial charge in [-0.2, -0.15) is 0 Å². The van der Waals surface area contributed by atoms with Crippen LogP contribution in [0.5, 0.6) is 0 Å². The summed E-state index contributed by atoms with van der Waals surface area (Å²) in [5.74, 6) is 0.708. The molecule has 0 amide bonds. The molecular formula is C16H20N2O2. The second kappa shape index (κ2) is 5.67. The van der Waals surface area contributed by atoms with Crippen LogP contribution in [0.2, 0.25) is 0 Å². The SMILES string of the molecule is N[C@H]1CC[C@H](CNc2ccc3oc(=O)ccc3c2)CC1. The molecule has 1 saturated carbocycles. The third kappa shape index (κ3) is 3.02. The van der Waals surface area contributed by atoms with Crippen LogP contribution in [0.1, 0.15) is 25.7 Å². The quantitative estimate of drug-likeness (QED) is 0.843. The summed E-state index contributed by atoms with van der Waals surface area (Å²) in [5, 5.41) is 4.42. The third-order valence-corrected chi connectivity index (χ3v) is 4.11. The Balaban J connectivity index is 1.65. The van der Waals surface area contributed by atoms with E-state index in [2.05, 4.69) is 5.32 Å². The van der Waals surface area contributed by atoms with Gasteiger partial charge in [0.25, 0.3) is 0 Å². The van der Waals surface area contributed by atoms with Crippen LogP contribution in [0, 0.1) is 5.92 Å². The van der Waals surface area contributed by atoms with Gasteiger partial charge in [0.05, 0.1) is 0 Å². The number of nitrogens with two attached hydrogens (primary N) is 1. The van der Waals surface area contributed by atoms with Crippen molar-refractivity contribution < 1.29 is 4.42 Å². The number of hydrogen-bond acceptors (Lipinski definition) is 4. The molecule has 4 nitrogen and oxygen atoms in total. The highest BCUT2D eigenvalue weighted by molar-refractivity contribution is 5.80. The molecule has 0 radical (unpaired) electrons. The van der Waals surface area contributed by atoms with Gasteiger partial charge in [0.15, 0.2) is 0 Å². The molecule has 106 valence electrons. The molecule has 1 aliphatic rings. The summed E-state index contributed by atoms with van der Waals surface area (Å²) in [6.07, 6.45) is 4.68. The van der Waals surface area contributed by atoms with Crippen molar-refractivity contribution in [1.82, 2.24) is 0 Å². The Morgan fingerprint density at radius 2 is 1.95 bits per heavy atom. The van der Waals surface area contributed by atoms with E-state index in [9.17, 15) is 4.79 Å². The lowest BCUT2D eigenvalue weighted by Gasteiger charge is -2.26. The average molecular weight is 272 g/mol. The van der Waals surface area contributed by atoms with E-state index in [1.807, 2.05) is 18.2 Å². The van der Waals surface area contributed by atoms with E-state index in [1.165, 1.54) is 18.9 Å². The fraction of sp³-hybridized carbons (Fsp3) is 0.438. The molecule has 1 aromatic heterocycles. The fourth-order valence-electron chi connectivity index (χ4n) is 2.84. The van der Waals surface area contributed by atoms with E-state index in [0.717, 1.165) is 30.5 Å². The van der Waals surface area contributed by atoms with Crippen LogP contribution in [0.4, 0.5) is 5.69 Å². The van der Waals surface area contributed by atoms with Crippen LogP contribution in [0.25, 0.3) is 11.0 Å². The predicted molar refractivity (Wildman–Crippen MR) is 80.9 cm³/mol. The standard InChI is InChI=1S/C16H20N2O2/c17-13-4-1-11(2-5-13)10-18-14-6-7-15-12(9-14)3-8-16(19)20-15/h3,6-9,11,13,18H,1-2,4-5,10,17H2/t11-,13-. The fourth-order valence-corrected chi connectivity index (χ4v) is 2.84. The van der Waals surface area contributed by atoms with Crippen LogP contribution in [-0.2, 0) is 0 Å². The lowest BCUT2D eigenvalue weighted by Crippen LogP contribution is -2.29. The second-order valence-corrected chi connectivity index (χ2v) is 5.67. The van der Waals surface area contributed by atoms with Gasteiger partial charge < -0.3 is 15.5 Å². The van der Waals surface area contributed by atoms with Gasteiger partial charge in [-0.3, -0.25) is 0 Å². The normalized spacial score (nSPS) is 22.9. The number of hydrogen-bond donors (Lipinski definition) is 2. The van der Waals surface area contributed by atoms with Gasteiger partial charge in [-0.15, -0.1) is 0 Å². The zero-order chi connectivity index (χ0) is 13.9. The van der Waals surface area contributed by atoms with Crippen LogP contribution in [0.3, 0.4) is 0 Å². The first-order chi connectivity index (χ1) is 9.70. The van der Waals surface area contributed by atoms with Crippen molar-refractivity contribution in [2.24, 2.45) is 11.7 Å². The Morgan fingerprint density at radius 3 is 2.75 bits per heavy atom. The van der Waals surface area contributed by atoms with E-state index in [-0.39, 0.29) is 5.63 Å². The lowest BCUT2D eigenvalue weighted by atomic mass is 9.86. The topological polar surface area (TPSA) is 68.3 Å². The number of fused-ring (bicyclic) bond motifs is 1. The smallest absolute Gasteiger partial charge is 0.336 e. The average Bonchev–Trinajstić information content (AvgIpc) is 2.46. The summed E-state index contributed by atoms with van der Waals surface area (Å²) in [7, 11) is 0. The predicted octanol–water partition coefficient (Wildman–Crippen LogP) is 2.72. The first-order valence-electron chi connectivity index (χ1n) is 7.24. The first kappa shape index (κ1) is 13.2. The molecule has 0 unspecified atom stereocenters. The molecule has 4 heteroatoms. The molecule has 1 aromatic carbocycles. The van der Waals surface area contributed by atoms with E-state index < -0.39 is 0 Å². The Labute approximate surface area is 118 Å². The molecule has 3 rings (SSSR count). The maximum atomic E-state index is 11.1. The summed E-state index contributed by atoms with van der Waals surface area (Å²) in [6, 6.07) is 9.47. The maximum Gasteiger partial charge on any atom is 0.336 e. The highest BCUT2D eigenvalue weighted by Crippen LogP contribution is 2.24. The summed E-state index contributed by atoms with van der Waals surface area (Å²) in [5.41, 5.74) is 7.32. The number of rotatable bonds is 3. The molecule has 0 bridgehead atoms. The van der Waals surface area contributed by atoms with Crippen molar-refractivity contribution in [3.05, 3.63) is 40.8 Å². The van der Waals surface area contributed by atoms with Crippen molar-refractivity contribution in [1.29, 1.82) is 0 Å². The van der Waals surface area contributed by atoms with Crippen LogP contribution >= 0.6 is 0 Å². The molecule has 1 aliphatic carbocycles. The number of nitrogens with one attached hydrogen (secondary N) is 1. The highest BCUT2D eigenvalue weighted by Gasteiger charge is 2.18. The Hall–Kier alpha value is -1.81. The molecule has 0 spiro atoms. The molecular weight excluding hydrogens is 252 g/mol. The Morgan fingerprint density at radius 1 is 1.15 bits per heavy atom. The second-order valence-electron chi connectivity index (χ2n) is 5.67. The zero-order valence-electron chi connectivity index (χ0n) is 11.5.